The monoisotopic (exact) mass is 323 g/mol. The number of amides is 1. The van der Waals surface area contributed by atoms with Gasteiger partial charge in [-0.15, -0.1) is 0 Å². The summed E-state index contributed by atoms with van der Waals surface area (Å²) >= 11 is 0. The Hall–Kier alpha value is -1.60. The Labute approximate surface area is 130 Å². The van der Waals surface area contributed by atoms with Crippen molar-refractivity contribution in [3.63, 3.8) is 0 Å². The van der Waals surface area contributed by atoms with Crippen LogP contribution in [0.2, 0.25) is 0 Å². The van der Waals surface area contributed by atoms with Crippen LogP contribution in [0.3, 0.4) is 0 Å². The number of likely N-dealkylation sites (tertiary alicyclic amines) is 1. The predicted octanol–water partition coefficient (Wildman–Crippen LogP) is 0.795. The number of fused-ring (bicyclic) bond motifs is 1. The van der Waals surface area contributed by atoms with E-state index in [0.29, 0.717) is 25.1 Å². The number of carbonyl (C=O) groups excluding carboxylic acids is 1. The Morgan fingerprint density at radius 3 is 3.00 bits per heavy atom. The van der Waals surface area contributed by atoms with E-state index in [1.807, 2.05) is 18.2 Å². The average Bonchev–Trinajstić information content (AvgIpc) is 2.92. The summed E-state index contributed by atoms with van der Waals surface area (Å²) in [6.07, 6.45) is 2.74. The van der Waals surface area contributed by atoms with Gasteiger partial charge in [-0.2, -0.15) is 0 Å². The molecule has 0 aliphatic carbocycles. The van der Waals surface area contributed by atoms with Crippen LogP contribution < -0.4 is 10.5 Å². The van der Waals surface area contributed by atoms with Crippen LogP contribution in [0.15, 0.2) is 18.2 Å². The number of carbonyl (C=O) groups is 1. The maximum absolute atomic E-state index is 12.7. The summed E-state index contributed by atoms with van der Waals surface area (Å²) in [4.78, 5) is 14.5. The number of nitrogens with two attached hydrogens (primary N) is 1. The van der Waals surface area contributed by atoms with E-state index in [1.165, 1.54) is 5.56 Å². The standard InChI is InChI=1S/C15H21N3O3S/c16-22(20,21)10-11-6-8-18(9-11)15(19)13-5-1-3-12-4-2-7-17-14(12)13/h1,3,5,11,17H,2,4,6-10H2,(H2,16,20,21). The van der Waals surface area contributed by atoms with Gasteiger partial charge < -0.3 is 10.2 Å². The van der Waals surface area contributed by atoms with E-state index >= 15 is 0 Å². The van der Waals surface area contributed by atoms with Crippen LogP contribution in [-0.4, -0.2) is 44.6 Å². The van der Waals surface area contributed by atoms with E-state index in [-0.39, 0.29) is 17.6 Å². The average molecular weight is 323 g/mol. The van der Waals surface area contributed by atoms with Crippen molar-refractivity contribution in [2.45, 2.75) is 19.3 Å². The number of nitrogens with zero attached hydrogens (tertiary/aromatic N) is 1. The zero-order valence-electron chi connectivity index (χ0n) is 12.4. The van der Waals surface area contributed by atoms with Gasteiger partial charge in [-0.05, 0) is 36.8 Å². The topological polar surface area (TPSA) is 92.5 Å². The van der Waals surface area contributed by atoms with Crippen LogP contribution >= 0.6 is 0 Å². The zero-order chi connectivity index (χ0) is 15.7. The van der Waals surface area contributed by atoms with Gasteiger partial charge in [0.25, 0.3) is 5.91 Å². The Morgan fingerprint density at radius 1 is 1.41 bits per heavy atom. The van der Waals surface area contributed by atoms with Gasteiger partial charge in [-0.3, -0.25) is 4.79 Å². The SMILES string of the molecule is NS(=O)(=O)CC1CCN(C(=O)c2cccc3c2NCCC3)C1. The number of hydrogen-bond acceptors (Lipinski definition) is 4. The molecule has 3 rings (SSSR count). The molecule has 0 saturated carbocycles. The third kappa shape index (κ3) is 3.25. The molecule has 1 atom stereocenters. The number of anilines is 1. The van der Waals surface area contributed by atoms with Crippen molar-refractivity contribution in [1.82, 2.24) is 4.90 Å². The fourth-order valence-corrected chi connectivity index (χ4v) is 4.27. The van der Waals surface area contributed by atoms with Gasteiger partial charge in [0.05, 0.1) is 17.0 Å². The number of sulfonamides is 1. The molecule has 1 amide bonds. The molecule has 0 bridgehead atoms. The third-order valence-electron chi connectivity index (χ3n) is 4.35. The molecule has 2 heterocycles. The van der Waals surface area contributed by atoms with Crippen molar-refractivity contribution in [3.8, 4) is 0 Å². The first-order valence-electron chi connectivity index (χ1n) is 7.59. The first-order valence-corrected chi connectivity index (χ1v) is 9.31. The van der Waals surface area contributed by atoms with Crippen molar-refractivity contribution in [3.05, 3.63) is 29.3 Å². The normalized spacial score (nSPS) is 21.3. The van der Waals surface area contributed by atoms with E-state index in [4.69, 9.17) is 5.14 Å². The first kappa shape index (κ1) is 15.3. The number of aryl methyl sites for hydroxylation is 1. The molecule has 0 aromatic heterocycles. The Bertz CT molecular complexity index is 687. The highest BCUT2D eigenvalue weighted by molar-refractivity contribution is 7.89. The van der Waals surface area contributed by atoms with Gasteiger partial charge in [0.1, 0.15) is 0 Å². The van der Waals surface area contributed by atoms with Crippen LogP contribution in [0, 0.1) is 5.92 Å². The highest BCUT2D eigenvalue weighted by Gasteiger charge is 2.30. The molecule has 1 saturated heterocycles. The largest absolute Gasteiger partial charge is 0.384 e. The molecule has 3 N–H and O–H groups in total. The Morgan fingerprint density at radius 2 is 2.23 bits per heavy atom. The van der Waals surface area contributed by atoms with Crippen LogP contribution in [0.1, 0.15) is 28.8 Å². The molecule has 0 spiro atoms. The highest BCUT2D eigenvalue weighted by atomic mass is 32.2. The molecule has 120 valence electrons. The van der Waals surface area contributed by atoms with E-state index in [0.717, 1.165) is 25.1 Å². The minimum atomic E-state index is -3.49. The minimum absolute atomic E-state index is 0.0248. The second-order valence-corrected chi connectivity index (χ2v) is 7.76. The smallest absolute Gasteiger partial charge is 0.255 e. The van der Waals surface area contributed by atoms with Gasteiger partial charge in [0, 0.05) is 19.6 Å². The summed E-state index contributed by atoms with van der Waals surface area (Å²) in [5, 5.41) is 8.42. The Balaban J connectivity index is 1.76. The number of nitrogens with one attached hydrogen (secondary N) is 1. The van der Waals surface area contributed by atoms with Gasteiger partial charge in [0.15, 0.2) is 0 Å². The van der Waals surface area contributed by atoms with E-state index in [2.05, 4.69) is 5.32 Å². The fourth-order valence-electron chi connectivity index (χ4n) is 3.34. The van der Waals surface area contributed by atoms with Crippen molar-refractivity contribution in [2.24, 2.45) is 11.1 Å². The number of para-hydroxylation sites is 1. The summed E-state index contributed by atoms with van der Waals surface area (Å²) < 4.78 is 22.4. The number of primary sulfonamides is 1. The molecule has 1 aromatic rings. The zero-order valence-corrected chi connectivity index (χ0v) is 13.2. The third-order valence-corrected chi connectivity index (χ3v) is 5.28. The lowest BCUT2D eigenvalue weighted by atomic mass is 9.99. The molecule has 6 nitrogen and oxygen atoms in total. The Kier molecular flexibility index (Phi) is 4.10. The summed E-state index contributed by atoms with van der Waals surface area (Å²) in [7, 11) is -3.49. The van der Waals surface area contributed by atoms with Crippen LogP contribution in [-0.2, 0) is 16.4 Å². The lowest BCUT2D eigenvalue weighted by Gasteiger charge is -2.23. The van der Waals surface area contributed by atoms with Crippen LogP contribution in [0.5, 0.6) is 0 Å². The summed E-state index contributed by atoms with van der Waals surface area (Å²) in [6.45, 7) is 1.92. The summed E-state index contributed by atoms with van der Waals surface area (Å²) in [5.41, 5.74) is 2.81. The van der Waals surface area contributed by atoms with E-state index < -0.39 is 10.0 Å². The number of rotatable bonds is 3. The maximum Gasteiger partial charge on any atom is 0.255 e. The van der Waals surface area contributed by atoms with Crippen LogP contribution in [0.25, 0.3) is 0 Å². The van der Waals surface area contributed by atoms with Crippen molar-refractivity contribution < 1.29 is 13.2 Å². The molecule has 7 heteroatoms. The van der Waals surface area contributed by atoms with Crippen molar-refractivity contribution >= 4 is 21.6 Å². The summed E-state index contributed by atoms with van der Waals surface area (Å²) in [6, 6.07) is 5.80. The van der Waals surface area contributed by atoms with Crippen LogP contribution in [0.4, 0.5) is 5.69 Å². The molecule has 2 aliphatic heterocycles. The van der Waals surface area contributed by atoms with E-state index in [9.17, 15) is 13.2 Å². The fraction of sp³-hybridized carbons (Fsp3) is 0.533. The molecule has 2 aliphatic rings. The van der Waals surface area contributed by atoms with E-state index in [1.54, 1.807) is 4.90 Å². The summed E-state index contributed by atoms with van der Waals surface area (Å²) in [5.74, 6) is -0.142. The van der Waals surface area contributed by atoms with Gasteiger partial charge in [-0.1, -0.05) is 12.1 Å². The molecule has 1 aromatic carbocycles. The van der Waals surface area contributed by atoms with Crippen molar-refractivity contribution in [1.29, 1.82) is 0 Å². The number of benzene rings is 1. The molecule has 0 radical (unpaired) electrons. The maximum atomic E-state index is 12.7. The molecule has 22 heavy (non-hydrogen) atoms. The van der Waals surface area contributed by atoms with Gasteiger partial charge in [-0.25, -0.2) is 13.6 Å². The lowest BCUT2D eigenvalue weighted by molar-refractivity contribution is 0.0789. The minimum Gasteiger partial charge on any atom is -0.384 e. The van der Waals surface area contributed by atoms with Gasteiger partial charge in [0.2, 0.25) is 10.0 Å². The number of hydrogen-bond donors (Lipinski definition) is 2. The molecule has 1 fully saturated rings. The second-order valence-electron chi connectivity index (χ2n) is 6.11. The first-order chi connectivity index (χ1) is 10.4. The molecule has 1 unspecified atom stereocenters. The highest BCUT2D eigenvalue weighted by Crippen LogP contribution is 2.28. The lowest BCUT2D eigenvalue weighted by Crippen LogP contribution is -2.31. The molecular formula is C15H21N3O3S. The predicted molar refractivity (Wildman–Crippen MR) is 85.2 cm³/mol. The van der Waals surface area contributed by atoms with Crippen molar-refractivity contribution in [2.75, 3.05) is 30.7 Å². The second kappa shape index (κ2) is 5.89. The van der Waals surface area contributed by atoms with Gasteiger partial charge >= 0.3 is 0 Å². The molecular weight excluding hydrogens is 302 g/mol. The quantitative estimate of drug-likeness (QED) is 0.860.